The molecule has 6 rings (SSSR count). The minimum absolute atomic E-state index is 0.332. The fourth-order valence-electron chi connectivity index (χ4n) is 4.61. The van der Waals surface area contributed by atoms with Crippen LogP contribution in [0, 0.1) is 0 Å². The molecule has 0 spiro atoms. The molecule has 0 radical (unpaired) electrons. The van der Waals surface area contributed by atoms with E-state index >= 15 is 0 Å². The van der Waals surface area contributed by atoms with Crippen molar-refractivity contribution in [2.45, 2.75) is 0 Å². The van der Waals surface area contributed by atoms with Crippen molar-refractivity contribution in [2.75, 3.05) is 0 Å². The van der Waals surface area contributed by atoms with Crippen molar-refractivity contribution in [1.29, 1.82) is 0 Å². The number of rotatable bonds is 5. The lowest BCUT2D eigenvalue weighted by molar-refractivity contribution is 0.0736. The molecule has 0 fully saturated rings. The van der Waals surface area contributed by atoms with Gasteiger partial charge in [-0.2, -0.15) is 5.10 Å². The van der Waals surface area contributed by atoms with Crippen molar-refractivity contribution < 1.29 is 14.3 Å². The van der Waals surface area contributed by atoms with Crippen LogP contribution in [0.5, 0.6) is 5.75 Å². The number of benzene rings is 6. The summed E-state index contributed by atoms with van der Waals surface area (Å²) in [5.41, 5.74) is 4.17. The second-order valence-electron chi connectivity index (χ2n) is 8.88. The lowest BCUT2D eigenvalue weighted by Crippen LogP contribution is -2.17. The van der Waals surface area contributed by atoms with Gasteiger partial charge >= 0.3 is 5.97 Å². The van der Waals surface area contributed by atoms with Crippen LogP contribution in [0.1, 0.15) is 26.3 Å². The van der Waals surface area contributed by atoms with Gasteiger partial charge in [0, 0.05) is 11.1 Å². The van der Waals surface area contributed by atoms with Gasteiger partial charge in [0.1, 0.15) is 5.75 Å². The highest BCUT2D eigenvalue weighted by atomic mass is 16.5. The fraction of sp³-hybridized carbons (Fsp3) is 0. The first kappa shape index (κ1) is 23.1. The molecule has 182 valence electrons. The largest absolute Gasteiger partial charge is 0.422 e. The summed E-state index contributed by atoms with van der Waals surface area (Å²) in [6.07, 6.45) is 1.52. The van der Waals surface area contributed by atoms with E-state index in [0.29, 0.717) is 22.4 Å². The van der Waals surface area contributed by atoms with Crippen LogP contribution in [0.3, 0.4) is 0 Å². The maximum Gasteiger partial charge on any atom is 0.344 e. The van der Waals surface area contributed by atoms with E-state index in [1.54, 1.807) is 18.2 Å². The van der Waals surface area contributed by atoms with E-state index in [9.17, 15) is 9.59 Å². The summed E-state index contributed by atoms with van der Waals surface area (Å²) in [6.45, 7) is 0. The van der Waals surface area contributed by atoms with E-state index in [1.165, 1.54) is 6.21 Å². The molecule has 0 saturated heterocycles. The molecular formula is C33H22N2O3. The molecule has 6 aromatic rings. The Kier molecular flexibility index (Phi) is 6.08. The quantitative estimate of drug-likeness (QED) is 0.120. The monoisotopic (exact) mass is 494 g/mol. The summed E-state index contributed by atoms with van der Waals surface area (Å²) in [4.78, 5) is 26.1. The lowest BCUT2D eigenvalue weighted by Gasteiger charge is -2.12. The Morgan fingerprint density at radius 1 is 0.632 bits per heavy atom. The van der Waals surface area contributed by atoms with Gasteiger partial charge in [-0.25, -0.2) is 10.2 Å². The van der Waals surface area contributed by atoms with Gasteiger partial charge in [-0.15, -0.1) is 0 Å². The number of hydrogen-bond acceptors (Lipinski definition) is 4. The van der Waals surface area contributed by atoms with Crippen LogP contribution in [-0.2, 0) is 0 Å². The standard InChI is InChI=1S/C33H22N2O3/c36-32(26-17-16-22-8-1-2-11-25(22)20-26)35-34-21-30-28-14-6-4-10-24(28)18-19-31(30)38-33(37)29-15-7-12-23-9-3-5-13-27(23)29/h1-21H,(H,35,36)/b34-21-. The zero-order valence-corrected chi connectivity index (χ0v) is 20.3. The second kappa shape index (κ2) is 9.99. The third-order valence-electron chi connectivity index (χ3n) is 6.51. The zero-order valence-electron chi connectivity index (χ0n) is 20.3. The van der Waals surface area contributed by atoms with Crippen molar-refractivity contribution in [2.24, 2.45) is 5.10 Å². The molecule has 6 aromatic carbocycles. The minimum atomic E-state index is -0.466. The Morgan fingerprint density at radius 2 is 1.26 bits per heavy atom. The molecule has 1 N–H and O–H groups in total. The number of carbonyl (C=O) groups excluding carboxylic acids is 2. The summed E-state index contributed by atoms with van der Waals surface area (Å²) in [7, 11) is 0. The molecule has 5 heteroatoms. The number of carbonyl (C=O) groups is 2. The number of hydrazone groups is 1. The van der Waals surface area contributed by atoms with Gasteiger partial charge in [-0.1, -0.05) is 97.1 Å². The summed E-state index contributed by atoms with van der Waals surface area (Å²) in [5, 5.41) is 9.83. The number of ether oxygens (including phenoxy) is 1. The predicted octanol–water partition coefficient (Wildman–Crippen LogP) is 7.13. The van der Waals surface area contributed by atoms with E-state index < -0.39 is 5.97 Å². The molecular weight excluding hydrogens is 472 g/mol. The summed E-state index contributed by atoms with van der Waals surface area (Å²) in [5.74, 6) is -0.446. The zero-order chi connectivity index (χ0) is 25.9. The highest BCUT2D eigenvalue weighted by molar-refractivity contribution is 6.08. The van der Waals surface area contributed by atoms with E-state index in [4.69, 9.17) is 4.74 Å². The number of nitrogens with one attached hydrogen (secondary N) is 1. The van der Waals surface area contributed by atoms with Crippen molar-refractivity contribution in [3.8, 4) is 5.75 Å². The van der Waals surface area contributed by atoms with Crippen LogP contribution >= 0.6 is 0 Å². The minimum Gasteiger partial charge on any atom is -0.422 e. The SMILES string of the molecule is O=C(N/N=C\c1c(OC(=O)c2cccc3ccccc23)ccc2ccccc12)c1ccc2ccccc2c1. The Morgan fingerprint density at radius 3 is 2.08 bits per heavy atom. The predicted molar refractivity (Wildman–Crippen MR) is 152 cm³/mol. The third-order valence-corrected chi connectivity index (χ3v) is 6.51. The Hall–Kier alpha value is -5.29. The van der Waals surface area contributed by atoms with Crippen molar-refractivity contribution in [1.82, 2.24) is 5.43 Å². The second-order valence-corrected chi connectivity index (χ2v) is 8.88. The molecule has 0 aliphatic heterocycles. The Balaban J connectivity index is 1.31. The van der Waals surface area contributed by atoms with Gasteiger partial charge in [0.25, 0.3) is 5.91 Å². The van der Waals surface area contributed by atoms with E-state index in [-0.39, 0.29) is 5.91 Å². The molecule has 0 aromatic heterocycles. The molecule has 1 amide bonds. The Labute approximate surface area is 219 Å². The first-order valence-corrected chi connectivity index (χ1v) is 12.2. The molecule has 0 aliphatic carbocycles. The molecule has 0 atom stereocenters. The number of amides is 1. The Bertz CT molecular complexity index is 1870. The molecule has 0 unspecified atom stereocenters. The average molecular weight is 495 g/mol. The van der Waals surface area contributed by atoms with Gasteiger partial charge in [-0.3, -0.25) is 4.79 Å². The number of esters is 1. The highest BCUT2D eigenvalue weighted by Gasteiger charge is 2.16. The summed E-state index contributed by atoms with van der Waals surface area (Å²) < 4.78 is 5.90. The van der Waals surface area contributed by atoms with Gasteiger partial charge in [-0.05, 0) is 56.6 Å². The van der Waals surface area contributed by atoms with Gasteiger partial charge in [0.2, 0.25) is 0 Å². The first-order valence-electron chi connectivity index (χ1n) is 12.2. The lowest BCUT2D eigenvalue weighted by atomic mass is 10.0. The van der Waals surface area contributed by atoms with E-state index in [0.717, 1.165) is 32.3 Å². The maximum atomic E-state index is 13.3. The van der Waals surface area contributed by atoms with Crippen LogP contribution < -0.4 is 10.2 Å². The number of nitrogens with zero attached hydrogens (tertiary/aromatic N) is 1. The van der Waals surface area contributed by atoms with Crippen LogP contribution in [0.15, 0.2) is 126 Å². The molecule has 38 heavy (non-hydrogen) atoms. The third kappa shape index (κ3) is 4.49. The van der Waals surface area contributed by atoms with E-state index in [1.807, 2.05) is 103 Å². The van der Waals surface area contributed by atoms with Crippen LogP contribution in [0.25, 0.3) is 32.3 Å². The fourth-order valence-corrected chi connectivity index (χ4v) is 4.61. The summed E-state index contributed by atoms with van der Waals surface area (Å²) in [6, 6.07) is 38.0. The molecule has 5 nitrogen and oxygen atoms in total. The number of hydrogen-bond donors (Lipinski definition) is 1. The topological polar surface area (TPSA) is 67.8 Å². The summed E-state index contributed by atoms with van der Waals surface area (Å²) >= 11 is 0. The smallest absolute Gasteiger partial charge is 0.344 e. The average Bonchev–Trinajstić information content (AvgIpc) is 2.97. The van der Waals surface area contributed by atoms with Gasteiger partial charge in [0.15, 0.2) is 0 Å². The number of fused-ring (bicyclic) bond motifs is 3. The van der Waals surface area contributed by atoms with Gasteiger partial charge in [0.05, 0.1) is 11.8 Å². The highest BCUT2D eigenvalue weighted by Crippen LogP contribution is 2.28. The van der Waals surface area contributed by atoms with Crippen molar-refractivity contribution >= 4 is 50.4 Å². The van der Waals surface area contributed by atoms with Crippen LogP contribution in [-0.4, -0.2) is 18.1 Å². The van der Waals surface area contributed by atoms with E-state index in [2.05, 4.69) is 10.5 Å². The van der Waals surface area contributed by atoms with Crippen molar-refractivity contribution in [3.63, 3.8) is 0 Å². The molecule has 0 bridgehead atoms. The molecule has 0 heterocycles. The maximum absolute atomic E-state index is 13.3. The van der Waals surface area contributed by atoms with Crippen molar-refractivity contribution in [3.05, 3.63) is 138 Å². The van der Waals surface area contributed by atoms with Crippen LogP contribution in [0.2, 0.25) is 0 Å². The van der Waals surface area contributed by atoms with Gasteiger partial charge < -0.3 is 4.74 Å². The molecule has 0 aliphatic rings. The normalized spacial score (nSPS) is 11.3. The van der Waals surface area contributed by atoms with Crippen LogP contribution in [0.4, 0.5) is 0 Å². The first-order chi connectivity index (χ1) is 18.7. The molecule has 0 saturated carbocycles.